The molecule has 1 N–H and O–H groups in total. The van der Waals surface area contributed by atoms with Crippen molar-refractivity contribution in [3.63, 3.8) is 0 Å². The minimum Gasteiger partial charge on any atom is -0.476 e. The fraction of sp³-hybridized carbons (Fsp3) is 0.600. The quantitative estimate of drug-likeness (QED) is 0.804. The number of carbonyl (C=O) groups is 1. The summed E-state index contributed by atoms with van der Waals surface area (Å²) >= 11 is 0. The van der Waals surface area contributed by atoms with Crippen LogP contribution in [0.5, 0.6) is 0 Å². The molecule has 0 saturated carbocycles. The fourth-order valence-electron chi connectivity index (χ4n) is 1.18. The first-order valence-corrected chi connectivity index (χ1v) is 4.74. The minimum atomic E-state index is -1.03. The molecule has 0 bridgehead atoms. The third-order valence-electron chi connectivity index (χ3n) is 2.26. The lowest BCUT2D eigenvalue weighted by atomic mass is 10.1. The summed E-state index contributed by atoms with van der Waals surface area (Å²) < 4.78 is 5.26. The van der Waals surface area contributed by atoms with E-state index in [1.165, 1.54) is 0 Å². The van der Waals surface area contributed by atoms with Crippen LogP contribution in [-0.2, 0) is 6.42 Å². The first-order valence-electron chi connectivity index (χ1n) is 4.74. The lowest BCUT2D eigenvalue weighted by Crippen LogP contribution is -2.01. The van der Waals surface area contributed by atoms with E-state index < -0.39 is 5.97 Å². The predicted octanol–water partition coefficient (Wildman–Crippen LogP) is 2.27. The molecule has 0 aliphatic rings. The molecule has 1 atom stereocenters. The van der Waals surface area contributed by atoms with Crippen molar-refractivity contribution in [2.24, 2.45) is 5.92 Å². The van der Waals surface area contributed by atoms with E-state index in [0.29, 0.717) is 24.0 Å². The second-order valence-corrected chi connectivity index (χ2v) is 3.54. The number of aromatic carboxylic acids is 1. The van der Waals surface area contributed by atoms with Crippen LogP contribution in [0.25, 0.3) is 0 Å². The van der Waals surface area contributed by atoms with Gasteiger partial charge in [0.1, 0.15) is 5.76 Å². The number of carboxylic acid groups (broad SMARTS) is 1. The third kappa shape index (κ3) is 2.34. The van der Waals surface area contributed by atoms with Crippen molar-refractivity contribution in [3.8, 4) is 0 Å². The van der Waals surface area contributed by atoms with E-state index in [0.717, 1.165) is 6.42 Å². The van der Waals surface area contributed by atoms with Crippen molar-refractivity contribution in [2.75, 3.05) is 0 Å². The van der Waals surface area contributed by atoms with Crippen molar-refractivity contribution in [1.82, 2.24) is 4.98 Å². The monoisotopic (exact) mass is 197 g/mol. The molecule has 0 aromatic carbocycles. The van der Waals surface area contributed by atoms with Gasteiger partial charge in [0.05, 0.1) is 0 Å². The number of nitrogens with zero attached hydrogens (tertiary/aromatic N) is 1. The minimum absolute atomic E-state index is 0.0308. The maximum atomic E-state index is 10.7. The van der Waals surface area contributed by atoms with E-state index in [9.17, 15) is 4.79 Å². The average molecular weight is 197 g/mol. The summed E-state index contributed by atoms with van der Waals surface area (Å²) in [7, 11) is 0. The van der Waals surface area contributed by atoms with Crippen molar-refractivity contribution in [1.29, 1.82) is 0 Å². The number of carboxylic acids is 1. The van der Waals surface area contributed by atoms with Crippen LogP contribution in [0, 0.1) is 12.8 Å². The Labute approximate surface area is 83.0 Å². The van der Waals surface area contributed by atoms with Gasteiger partial charge in [0.25, 0.3) is 0 Å². The third-order valence-corrected chi connectivity index (χ3v) is 2.26. The van der Waals surface area contributed by atoms with Gasteiger partial charge in [-0.15, -0.1) is 0 Å². The van der Waals surface area contributed by atoms with Gasteiger partial charge >= 0.3 is 5.97 Å². The second-order valence-electron chi connectivity index (χ2n) is 3.54. The SMILES string of the molecule is CCC(C)Cc1nc(C(=O)O)c(C)o1. The standard InChI is InChI=1S/C10H15NO3/c1-4-6(2)5-8-11-9(10(12)13)7(3)14-8/h6H,4-5H2,1-3H3,(H,12,13). The Balaban J connectivity index is 2.81. The van der Waals surface area contributed by atoms with Crippen LogP contribution in [0.1, 0.15) is 42.4 Å². The van der Waals surface area contributed by atoms with Crippen LogP contribution < -0.4 is 0 Å². The molecule has 0 saturated heterocycles. The molecule has 1 aromatic heterocycles. The molecule has 78 valence electrons. The Morgan fingerprint density at radius 1 is 1.64 bits per heavy atom. The van der Waals surface area contributed by atoms with Crippen LogP contribution in [-0.4, -0.2) is 16.1 Å². The van der Waals surface area contributed by atoms with Crippen LogP contribution >= 0.6 is 0 Å². The molecule has 4 heteroatoms. The highest BCUT2D eigenvalue weighted by atomic mass is 16.4. The Morgan fingerprint density at radius 3 is 2.71 bits per heavy atom. The molecule has 0 amide bonds. The average Bonchev–Trinajstić information content (AvgIpc) is 2.46. The molecule has 0 aliphatic heterocycles. The van der Waals surface area contributed by atoms with Crippen LogP contribution in [0.4, 0.5) is 0 Å². The number of hydrogen-bond acceptors (Lipinski definition) is 3. The Bertz CT molecular complexity index is 330. The Kier molecular flexibility index (Phi) is 3.28. The van der Waals surface area contributed by atoms with Gasteiger partial charge < -0.3 is 9.52 Å². The smallest absolute Gasteiger partial charge is 0.358 e. The van der Waals surface area contributed by atoms with Gasteiger partial charge in [0.15, 0.2) is 11.6 Å². The van der Waals surface area contributed by atoms with Gasteiger partial charge in [0, 0.05) is 6.42 Å². The topological polar surface area (TPSA) is 63.3 Å². The number of aryl methyl sites for hydroxylation is 1. The van der Waals surface area contributed by atoms with Crippen molar-refractivity contribution >= 4 is 5.97 Å². The van der Waals surface area contributed by atoms with Gasteiger partial charge in [-0.25, -0.2) is 9.78 Å². The molecule has 1 unspecified atom stereocenters. The lowest BCUT2D eigenvalue weighted by molar-refractivity contribution is 0.0689. The molecule has 1 heterocycles. The maximum Gasteiger partial charge on any atom is 0.358 e. The highest BCUT2D eigenvalue weighted by Crippen LogP contribution is 2.15. The fourth-order valence-corrected chi connectivity index (χ4v) is 1.18. The molecule has 0 aliphatic carbocycles. The van der Waals surface area contributed by atoms with Crippen LogP contribution in [0.15, 0.2) is 4.42 Å². The number of oxazole rings is 1. The zero-order valence-corrected chi connectivity index (χ0v) is 8.70. The van der Waals surface area contributed by atoms with E-state index in [4.69, 9.17) is 9.52 Å². The van der Waals surface area contributed by atoms with E-state index >= 15 is 0 Å². The van der Waals surface area contributed by atoms with E-state index in [1.807, 2.05) is 0 Å². The molecule has 0 radical (unpaired) electrons. The van der Waals surface area contributed by atoms with Crippen LogP contribution in [0.2, 0.25) is 0 Å². The first-order chi connectivity index (χ1) is 6.54. The highest BCUT2D eigenvalue weighted by Gasteiger charge is 2.16. The Hall–Kier alpha value is -1.32. The molecule has 14 heavy (non-hydrogen) atoms. The Morgan fingerprint density at radius 2 is 2.29 bits per heavy atom. The summed E-state index contributed by atoms with van der Waals surface area (Å²) in [4.78, 5) is 14.6. The normalized spacial score (nSPS) is 12.8. The van der Waals surface area contributed by atoms with E-state index in [-0.39, 0.29) is 5.69 Å². The summed E-state index contributed by atoms with van der Waals surface area (Å²) in [5.74, 6) is 0.349. The first kappa shape index (κ1) is 10.8. The maximum absolute atomic E-state index is 10.7. The van der Waals surface area contributed by atoms with Crippen molar-refractivity contribution < 1.29 is 14.3 Å². The zero-order valence-electron chi connectivity index (χ0n) is 8.70. The van der Waals surface area contributed by atoms with Crippen molar-refractivity contribution in [3.05, 3.63) is 17.3 Å². The number of rotatable bonds is 4. The van der Waals surface area contributed by atoms with E-state index in [2.05, 4.69) is 18.8 Å². The number of hydrogen-bond donors (Lipinski definition) is 1. The summed E-state index contributed by atoms with van der Waals surface area (Å²) in [5.41, 5.74) is 0.0308. The summed E-state index contributed by atoms with van der Waals surface area (Å²) in [6.07, 6.45) is 1.73. The molecule has 4 nitrogen and oxygen atoms in total. The molecule has 1 rings (SSSR count). The van der Waals surface area contributed by atoms with Gasteiger partial charge in [-0.2, -0.15) is 0 Å². The largest absolute Gasteiger partial charge is 0.476 e. The molecular formula is C10H15NO3. The summed E-state index contributed by atoms with van der Waals surface area (Å²) in [6.45, 7) is 5.79. The second kappa shape index (κ2) is 4.26. The van der Waals surface area contributed by atoms with Gasteiger partial charge in [-0.1, -0.05) is 20.3 Å². The van der Waals surface area contributed by atoms with Crippen LogP contribution in [0.3, 0.4) is 0 Å². The molecule has 0 fully saturated rings. The molecule has 0 spiro atoms. The highest BCUT2D eigenvalue weighted by molar-refractivity contribution is 5.86. The zero-order chi connectivity index (χ0) is 10.7. The summed E-state index contributed by atoms with van der Waals surface area (Å²) in [5, 5.41) is 8.75. The lowest BCUT2D eigenvalue weighted by Gasteiger charge is -2.02. The van der Waals surface area contributed by atoms with Crippen molar-refractivity contribution in [2.45, 2.75) is 33.6 Å². The summed E-state index contributed by atoms with van der Waals surface area (Å²) in [6, 6.07) is 0. The van der Waals surface area contributed by atoms with Gasteiger partial charge in [-0.05, 0) is 12.8 Å². The van der Waals surface area contributed by atoms with E-state index in [1.54, 1.807) is 6.92 Å². The molecule has 1 aromatic rings. The molecular weight excluding hydrogens is 182 g/mol. The number of aromatic nitrogens is 1. The van der Waals surface area contributed by atoms with Gasteiger partial charge in [0.2, 0.25) is 0 Å². The van der Waals surface area contributed by atoms with Gasteiger partial charge in [-0.3, -0.25) is 0 Å². The predicted molar refractivity (Wildman–Crippen MR) is 51.4 cm³/mol.